The zero-order chi connectivity index (χ0) is 20.0. The van der Waals surface area contributed by atoms with E-state index >= 15 is 0 Å². The minimum absolute atomic E-state index is 0.272. The summed E-state index contributed by atoms with van der Waals surface area (Å²) in [6.07, 6.45) is 3.45. The number of carbonyl (C=O) groups is 1. The van der Waals surface area contributed by atoms with Crippen LogP contribution in [0, 0.1) is 0 Å². The molecule has 0 spiro atoms. The maximum absolute atomic E-state index is 12.0. The zero-order valence-corrected chi connectivity index (χ0v) is 16.7. The van der Waals surface area contributed by atoms with Crippen molar-refractivity contribution >= 4 is 18.2 Å². The average molecular weight is 364 g/mol. The zero-order valence-electron chi connectivity index (χ0n) is 16.7. The number of pyridine rings is 1. The number of benzene rings is 1. The Hall–Kier alpha value is -2.88. The molecule has 1 atom stereocenters. The van der Waals surface area contributed by atoms with Crippen molar-refractivity contribution in [2.75, 3.05) is 0 Å². The van der Waals surface area contributed by atoms with Gasteiger partial charge < -0.3 is 10.1 Å². The first-order chi connectivity index (χ1) is 12.7. The van der Waals surface area contributed by atoms with Gasteiger partial charge in [-0.25, -0.2) is 9.78 Å². The third-order valence-corrected chi connectivity index (χ3v) is 3.95. The molecule has 0 saturated carbocycles. The normalized spacial score (nSPS) is 14.0. The predicted octanol–water partition coefficient (Wildman–Crippen LogP) is 3.80. The van der Waals surface area contributed by atoms with E-state index in [1.165, 1.54) is 0 Å². The molecule has 1 heterocycles. The van der Waals surface area contributed by atoms with E-state index in [0.717, 1.165) is 27.4 Å². The van der Waals surface area contributed by atoms with Crippen molar-refractivity contribution in [3.63, 3.8) is 0 Å². The fourth-order valence-corrected chi connectivity index (χ4v) is 2.49. The highest BCUT2D eigenvalue weighted by molar-refractivity contribution is 5.69. The van der Waals surface area contributed by atoms with E-state index in [0.29, 0.717) is 0 Å². The lowest BCUT2D eigenvalue weighted by Gasteiger charge is -2.22. The number of alkyl carbamates (subject to hydrolysis) is 1. The molecule has 0 aliphatic carbocycles. The van der Waals surface area contributed by atoms with E-state index in [4.69, 9.17) is 9.72 Å². The van der Waals surface area contributed by atoms with Gasteiger partial charge in [-0.1, -0.05) is 49.1 Å². The van der Waals surface area contributed by atoms with Gasteiger partial charge in [0.05, 0.1) is 17.1 Å². The molecule has 1 amide bonds. The molecule has 0 saturated heterocycles. The van der Waals surface area contributed by atoms with Crippen LogP contribution in [-0.4, -0.2) is 22.7 Å². The van der Waals surface area contributed by atoms with Crippen LogP contribution in [0.5, 0.6) is 0 Å². The second-order valence-corrected chi connectivity index (χ2v) is 7.41. The lowest BCUT2D eigenvalue weighted by molar-refractivity contribution is 0.0517. The number of nitrogens with zero attached hydrogens (tertiary/aromatic N) is 1. The lowest BCUT2D eigenvalue weighted by atomic mass is 10.1. The van der Waals surface area contributed by atoms with Crippen molar-refractivity contribution < 1.29 is 9.53 Å². The summed E-state index contributed by atoms with van der Waals surface area (Å²) in [4.78, 5) is 16.8. The highest BCUT2D eigenvalue weighted by atomic mass is 16.6. The first kappa shape index (κ1) is 20.4. The fraction of sp³-hybridized carbons (Fsp3) is 0.304. The van der Waals surface area contributed by atoms with Crippen LogP contribution in [0.2, 0.25) is 0 Å². The topological polar surface area (TPSA) is 51.2 Å². The van der Waals surface area contributed by atoms with Crippen LogP contribution in [0.4, 0.5) is 4.79 Å². The first-order valence-corrected chi connectivity index (χ1v) is 9.08. The summed E-state index contributed by atoms with van der Waals surface area (Å²) >= 11 is 0. The van der Waals surface area contributed by atoms with Crippen molar-refractivity contribution in [3.05, 3.63) is 65.2 Å². The van der Waals surface area contributed by atoms with Gasteiger partial charge in [0.15, 0.2) is 0 Å². The smallest absolute Gasteiger partial charge is 0.408 e. The highest BCUT2D eigenvalue weighted by Gasteiger charge is 2.18. The number of aromatic nitrogens is 1. The van der Waals surface area contributed by atoms with Crippen molar-refractivity contribution in [3.8, 4) is 11.3 Å². The largest absolute Gasteiger partial charge is 0.444 e. The van der Waals surface area contributed by atoms with Crippen LogP contribution < -0.4 is 15.9 Å². The van der Waals surface area contributed by atoms with Gasteiger partial charge in [-0.2, -0.15) is 0 Å². The van der Waals surface area contributed by atoms with Crippen LogP contribution >= 0.6 is 0 Å². The van der Waals surface area contributed by atoms with E-state index in [-0.39, 0.29) is 6.04 Å². The molecule has 1 aromatic carbocycles. The van der Waals surface area contributed by atoms with Crippen LogP contribution in [-0.2, 0) is 4.74 Å². The Morgan fingerprint density at radius 3 is 2.44 bits per heavy atom. The molecule has 27 heavy (non-hydrogen) atoms. The third-order valence-electron chi connectivity index (χ3n) is 3.95. The van der Waals surface area contributed by atoms with Gasteiger partial charge in [0.2, 0.25) is 0 Å². The molecule has 0 aliphatic rings. The van der Waals surface area contributed by atoms with E-state index in [2.05, 4.69) is 11.9 Å². The minimum Gasteiger partial charge on any atom is -0.444 e. The average Bonchev–Trinajstić information content (AvgIpc) is 2.60. The molecule has 4 heteroatoms. The Morgan fingerprint density at radius 1 is 1.19 bits per heavy atom. The number of ether oxygens (including phenoxy) is 1. The summed E-state index contributed by atoms with van der Waals surface area (Å²) in [6, 6.07) is 13.8. The number of rotatable bonds is 4. The van der Waals surface area contributed by atoms with Crippen LogP contribution in [0.15, 0.2) is 54.6 Å². The number of hydrogen-bond donors (Lipinski definition) is 1. The van der Waals surface area contributed by atoms with Crippen LogP contribution in [0.3, 0.4) is 0 Å². The van der Waals surface area contributed by atoms with Crippen molar-refractivity contribution in [2.24, 2.45) is 0 Å². The molecular formula is C23H28N2O2. The molecule has 2 rings (SSSR count). The summed E-state index contributed by atoms with van der Waals surface area (Å²) in [6.45, 7) is 13.4. The van der Waals surface area contributed by atoms with Gasteiger partial charge in [-0.05, 0) is 57.6 Å². The summed E-state index contributed by atoms with van der Waals surface area (Å²) in [5.41, 5.74) is 2.17. The van der Waals surface area contributed by atoms with Crippen LogP contribution in [0.25, 0.3) is 23.4 Å². The molecule has 0 fully saturated rings. The van der Waals surface area contributed by atoms with E-state index in [1.54, 1.807) is 0 Å². The Balaban J connectivity index is 2.29. The standard InChI is InChI=1S/C23H28N2O2/c1-7-18-13-14-20(19-11-9-8-10-12-19)25-21(18)15-16(2)17(3)24-22(26)27-23(4,5)6/h7-15,17H,2H2,1,3-6H3,(H,24,26)/b18-7-,21-15+. The summed E-state index contributed by atoms with van der Waals surface area (Å²) < 4.78 is 5.30. The van der Waals surface area contributed by atoms with Crippen molar-refractivity contribution in [1.82, 2.24) is 10.3 Å². The van der Waals surface area contributed by atoms with Gasteiger partial charge >= 0.3 is 6.09 Å². The Morgan fingerprint density at radius 2 is 1.85 bits per heavy atom. The monoisotopic (exact) mass is 364 g/mol. The van der Waals surface area contributed by atoms with Crippen LogP contribution in [0.1, 0.15) is 34.6 Å². The third kappa shape index (κ3) is 6.10. The molecule has 0 radical (unpaired) electrons. The summed E-state index contributed by atoms with van der Waals surface area (Å²) in [5, 5.41) is 4.65. The van der Waals surface area contributed by atoms with Gasteiger partial charge in [-0.3, -0.25) is 0 Å². The molecular weight excluding hydrogens is 336 g/mol. The number of amides is 1. The maximum atomic E-state index is 12.0. The Labute approximate surface area is 161 Å². The predicted molar refractivity (Wildman–Crippen MR) is 111 cm³/mol. The molecule has 4 nitrogen and oxygen atoms in total. The molecule has 1 aromatic heterocycles. The van der Waals surface area contributed by atoms with Gasteiger partial charge in [0.25, 0.3) is 0 Å². The molecule has 1 unspecified atom stereocenters. The Bertz CT molecular complexity index is 925. The van der Waals surface area contributed by atoms with Gasteiger partial charge in [0, 0.05) is 5.56 Å². The molecule has 0 aliphatic heterocycles. The fourth-order valence-electron chi connectivity index (χ4n) is 2.49. The second-order valence-electron chi connectivity index (χ2n) is 7.41. The summed E-state index contributed by atoms with van der Waals surface area (Å²) in [5.74, 6) is 0. The lowest BCUT2D eigenvalue weighted by Crippen LogP contribution is -2.39. The Kier molecular flexibility index (Phi) is 6.56. The number of nitrogens with one attached hydrogen (secondary N) is 1. The minimum atomic E-state index is -0.537. The first-order valence-electron chi connectivity index (χ1n) is 9.08. The summed E-state index contributed by atoms with van der Waals surface area (Å²) in [7, 11) is 0. The van der Waals surface area contributed by atoms with Gasteiger partial charge in [-0.15, -0.1) is 0 Å². The van der Waals surface area contributed by atoms with Crippen molar-refractivity contribution in [2.45, 2.75) is 46.3 Å². The SMILES string of the molecule is C=C(/C=c1/nc(-c2ccccc2)cc/c1=C/C)C(C)NC(=O)OC(C)(C)C. The quantitative estimate of drug-likeness (QED) is 0.898. The maximum Gasteiger partial charge on any atom is 0.408 e. The van der Waals surface area contributed by atoms with E-state index in [1.807, 2.05) is 89.2 Å². The molecule has 2 aromatic rings. The van der Waals surface area contributed by atoms with Gasteiger partial charge in [0.1, 0.15) is 5.60 Å². The van der Waals surface area contributed by atoms with E-state index in [9.17, 15) is 4.79 Å². The van der Waals surface area contributed by atoms with E-state index < -0.39 is 11.7 Å². The number of hydrogen-bond acceptors (Lipinski definition) is 3. The van der Waals surface area contributed by atoms with Crippen molar-refractivity contribution in [1.29, 1.82) is 0 Å². The molecule has 1 N–H and O–H groups in total. The molecule has 142 valence electrons. The molecule has 0 bridgehead atoms. The second kappa shape index (κ2) is 8.67. The highest BCUT2D eigenvalue weighted by Crippen LogP contribution is 2.13. The number of carbonyl (C=O) groups excluding carboxylic acids is 1.